The van der Waals surface area contributed by atoms with Gasteiger partial charge in [0.25, 0.3) is 26.9 Å². The van der Waals surface area contributed by atoms with Gasteiger partial charge in [0.1, 0.15) is 23.0 Å². The van der Waals surface area contributed by atoms with Crippen LogP contribution in [0.3, 0.4) is 0 Å². The first kappa shape index (κ1) is 100. The van der Waals surface area contributed by atoms with E-state index in [2.05, 4.69) is 331 Å². The van der Waals surface area contributed by atoms with Crippen molar-refractivity contribution in [1.29, 1.82) is 0 Å². The highest BCUT2D eigenvalue weighted by Crippen LogP contribution is 2.49. The first-order valence-electron chi connectivity index (χ1n) is 49.8. The van der Waals surface area contributed by atoms with E-state index in [4.69, 9.17) is 18.9 Å². The fraction of sp³-hybridized carbons (Fsp3) is 0.621. The van der Waals surface area contributed by atoms with E-state index in [1.807, 2.05) is 0 Å². The number of pyridine rings is 4. The number of aryl methyl sites for hydroxylation is 4. The molecule has 0 spiro atoms. The molecule has 8 aromatic rings. The van der Waals surface area contributed by atoms with Gasteiger partial charge in [-0.05, 0) is 209 Å². The minimum absolute atomic E-state index is 0.0289. The number of benzene rings is 4. The predicted octanol–water partition coefficient (Wildman–Crippen LogP) is 30.1. The third-order valence-corrected chi connectivity index (χ3v) is 26.1. The van der Waals surface area contributed by atoms with Crippen LogP contribution in [0.1, 0.15) is 435 Å². The lowest BCUT2D eigenvalue weighted by atomic mass is 9.70. The highest BCUT2D eigenvalue weighted by molar-refractivity contribution is 5.60. The van der Waals surface area contributed by atoms with Crippen LogP contribution < -0.4 is 37.2 Å². The van der Waals surface area contributed by atoms with Crippen LogP contribution in [0.15, 0.2) is 147 Å². The van der Waals surface area contributed by atoms with Crippen molar-refractivity contribution >= 4 is 0 Å². The molecule has 0 radical (unpaired) electrons. The van der Waals surface area contributed by atoms with Gasteiger partial charge in [0, 0.05) is 74.2 Å². The lowest BCUT2D eigenvalue weighted by Crippen LogP contribution is -2.36. The Morgan fingerprint density at radius 1 is 0.218 bits per heavy atom. The number of fused-ring (bicyclic) bond motifs is 8. The van der Waals surface area contributed by atoms with Crippen molar-refractivity contribution in [2.75, 3.05) is 0 Å². The topological polar surface area (TPSA) is 52.4 Å². The van der Waals surface area contributed by atoms with E-state index in [9.17, 15) is 0 Å². The molecule has 8 bridgehead atoms. The van der Waals surface area contributed by atoms with E-state index < -0.39 is 0 Å². The third-order valence-electron chi connectivity index (χ3n) is 26.1. The van der Waals surface area contributed by atoms with Gasteiger partial charge in [0.2, 0.25) is 0 Å². The molecule has 4 heterocycles. The van der Waals surface area contributed by atoms with Crippen LogP contribution in [0.25, 0.3) is 0 Å². The normalized spacial score (nSPS) is 13.2. The van der Waals surface area contributed by atoms with E-state index in [1.165, 1.54) is 199 Å². The molecule has 0 amide bonds. The second-order valence-electron chi connectivity index (χ2n) is 45.7. The first-order valence-corrected chi connectivity index (χ1v) is 49.8. The van der Waals surface area contributed by atoms with Gasteiger partial charge >= 0.3 is 0 Å². The van der Waals surface area contributed by atoms with Crippen molar-refractivity contribution in [3.05, 3.63) is 236 Å². The minimum atomic E-state index is -0.245. The molecule has 0 saturated heterocycles. The summed E-state index contributed by atoms with van der Waals surface area (Å²) >= 11 is 0. The van der Waals surface area contributed by atoms with Gasteiger partial charge in [-0.15, -0.1) is 0 Å². The van der Waals surface area contributed by atoms with Gasteiger partial charge in [0.05, 0.1) is 0 Å². The summed E-state index contributed by atoms with van der Waals surface area (Å²) in [5.41, 5.74) is 19.2. The Hall–Kier alpha value is -7.32. The zero-order valence-corrected chi connectivity index (χ0v) is 83.6. The zero-order chi connectivity index (χ0) is 89.9. The van der Waals surface area contributed by atoms with Gasteiger partial charge < -0.3 is 18.9 Å². The molecular formula is C116H176N4O4+4. The molecule has 0 unspecified atom stereocenters. The summed E-state index contributed by atoms with van der Waals surface area (Å²) in [6.45, 7) is 59.4. The molecule has 4 aromatic heterocycles. The van der Waals surface area contributed by atoms with Crippen LogP contribution >= 0.6 is 0 Å². The SMILES string of the molecule is CCCCCCCCc1cc[n+](COc2c3cc(C(C)(C)CC(C)(C)C)cc2Cc2cc(C(C)(C)CC(C)(C)C)cc(c2OC[n+]2ccc(CCCCCCCC)cc2)Cc2cc(C(C)(C)CC(C)(C)C)cc(c2OC[n+]2ccc(CCCCCCCC)cc2)Cc2cc(C(C)(C)CC(C)(C)C)cc(c2OC[n+]2ccc(CCCCCCCC)cc2)C3)cc1. The average Bonchev–Trinajstić information content (AvgIpc) is 0.752. The van der Waals surface area contributed by atoms with Crippen molar-refractivity contribution in [1.82, 2.24) is 0 Å². The molecule has 8 nitrogen and oxygen atoms in total. The molecular weight excluding hydrogens is 1510 g/mol. The van der Waals surface area contributed by atoms with Crippen molar-refractivity contribution in [3.63, 3.8) is 0 Å². The summed E-state index contributed by atoms with van der Waals surface area (Å²) in [7, 11) is 0. The zero-order valence-electron chi connectivity index (χ0n) is 83.6. The highest BCUT2D eigenvalue weighted by atomic mass is 16.5. The van der Waals surface area contributed by atoms with Crippen LogP contribution in [0.4, 0.5) is 0 Å². The standard InChI is InChI=1S/C116H176N4O4/c1-25-29-33-37-41-45-49-89-53-61-117(62-54-89)85-121-105-93-69-95-75-102(114(19,20)82-110(8,9)10)77-97(106(95)122-86-118-63-55-90(56-64-118)50-46-42-38-34-30-26-2)71-99-79-104(116(23,24)84-112(14,15)16)80-100(108(99)124-88-120-67-59-92(60-68-120)52-48-44-40-36-32-28-4)72-98-78-103(115(21,22)83-111(11,12)13)76-96(70-94(105)74-101(73-93)113(17,18)81-109(5,6)7)107(98)123-87-119-65-57-91(58-66-119)51-47-43-39-35-31-27-3/h53-68,73-80H,25-52,69-72,81-88H2,1-24H3/q+4. The summed E-state index contributed by atoms with van der Waals surface area (Å²) in [4.78, 5) is 0. The van der Waals surface area contributed by atoms with Crippen molar-refractivity contribution in [2.24, 2.45) is 21.7 Å². The Balaban J connectivity index is 1.38. The minimum Gasteiger partial charge on any atom is -0.435 e. The molecule has 0 fully saturated rings. The number of ether oxygens (including phenoxy) is 4. The lowest BCUT2D eigenvalue weighted by Gasteiger charge is -2.35. The molecule has 0 atom stereocenters. The summed E-state index contributed by atoms with van der Waals surface area (Å²) in [5.74, 6) is 3.70. The van der Waals surface area contributed by atoms with E-state index in [1.54, 1.807) is 0 Å². The second kappa shape index (κ2) is 46.6. The predicted molar refractivity (Wildman–Crippen MR) is 523 cm³/mol. The Bertz CT molecular complexity index is 3860. The monoisotopic (exact) mass is 1690 g/mol. The number of rotatable bonds is 48. The molecule has 1 aliphatic carbocycles. The third kappa shape index (κ3) is 32.8. The maximum absolute atomic E-state index is 7.87. The number of nitrogens with zero attached hydrogens (tertiary/aromatic N) is 4. The van der Waals surface area contributed by atoms with E-state index in [0.717, 1.165) is 119 Å². The number of unbranched alkanes of at least 4 members (excludes halogenated alkanes) is 20. The van der Waals surface area contributed by atoms with Gasteiger partial charge in [-0.2, -0.15) is 18.3 Å². The molecule has 1 aliphatic rings. The van der Waals surface area contributed by atoms with E-state index >= 15 is 0 Å². The van der Waals surface area contributed by atoms with Gasteiger partial charge in [-0.1, -0.05) is 343 Å². The quantitative estimate of drug-likeness (QED) is 0.0282. The van der Waals surface area contributed by atoms with Crippen molar-refractivity contribution in [2.45, 2.75) is 446 Å². The van der Waals surface area contributed by atoms with Crippen LogP contribution in [0.5, 0.6) is 23.0 Å². The highest BCUT2D eigenvalue weighted by Gasteiger charge is 2.37. The van der Waals surface area contributed by atoms with Crippen LogP contribution in [-0.4, -0.2) is 0 Å². The van der Waals surface area contributed by atoms with Crippen LogP contribution in [-0.2, 0) is 99.9 Å². The number of aromatic nitrogens is 4. The Morgan fingerprint density at radius 2 is 0.371 bits per heavy atom. The summed E-state index contributed by atoms with van der Waals surface area (Å²) in [5, 5.41) is 0. The number of hydrogen-bond acceptors (Lipinski definition) is 4. The summed E-state index contributed by atoms with van der Waals surface area (Å²) in [6, 6.07) is 39.2. The molecule has 0 saturated carbocycles. The van der Waals surface area contributed by atoms with Crippen LogP contribution in [0, 0.1) is 21.7 Å². The fourth-order valence-electron chi connectivity index (χ4n) is 20.9. The first-order chi connectivity index (χ1) is 58.7. The van der Waals surface area contributed by atoms with Crippen molar-refractivity contribution in [3.8, 4) is 23.0 Å². The smallest absolute Gasteiger partial charge is 0.292 e. The van der Waals surface area contributed by atoms with Gasteiger partial charge in [-0.25, -0.2) is 0 Å². The molecule has 0 aliphatic heterocycles. The molecule has 124 heavy (non-hydrogen) atoms. The van der Waals surface area contributed by atoms with Gasteiger partial charge in [-0.3, -0.25) is 0 Å². The molecule has 680 valence electrons. The number of hydrogen-bond donors (Lipinski definition) is 0. The maximum Gasteiger partial charge on any atom is 0.292 e. The average molecular weight is 1690 g/mol. The van der Waals surface area contributed by atoms with E-state index in [-0.39, 0.29) is 43.3 Å². The van der Waals surface area contributed by atoms with Crippen molar-refractivity contribution < 1.29 is 37.2 Å². The Labute approximate surface area is 758 Å². The second-order valence-corrected chi connectivity index (χ2v) is 45.7. The molecule has 4 aromatic carbocycles. The van der Waals surface area contributed by atoms with Gasteiger partial charge in [0.15, 0.2) is 49.6 Å². The largest absolute Gasteiger partial charge is 0.435 e. The molecule has 8 heteroatoms. The summed E-state index contributed by atoms with van der Waals surface area (Å²) in [6.07, 6.45) is 59.3. The van der Waals surface area contributed by atoms with Crippen LogP contribution in [0.2, 0.25) is 0 Å². The van der Waals surface area contributed by atoms with E-state index in [0.29, 0.717) is 52.6 Å². The molecule has 0 N–H and O–H groups in total. The lowest BCUT2D eigenvalue weighted by molar-refractivity contribution is -0.724. The fourth-order valence-corrected chi connectivity index (χ4v) is 20.9. The Kier molecular flexibility index (Phi) is 37.7. The molecule has 9 rings (SSSR count). The Morgan fingerprint density at radius 3 is 0.524 bits per heavy atom. The maximum atomic E-state index is 7.87. The summed E-state index contributed by atoms with van der Waals surface area (Å²) < 4.78 is 40.5.